The molecule has 2 aromatic carbocycles. The second-order valence-electron chi connectivity index (χ2n) is 7.52. The Bertz CT molecular complexity index is 1130. The molecule has 1 unspecified atom stereocenters. The summed E-state index contributed by atoms with van der Waals surface area (Å²) in [7, 11) is -4.14. The van der Waals surface area contributed by atoms with E-state index in [0.29, 0.717) is 5.56 Å². The molecule has 2 aromatic rings. The van der Waals surface area contributed by atoms with Gasteiger partial charge >= 0.3 is 6.18 Å². The van der Waals surface area contributed by atoms with Crippen LogP contribution in [0.5, 0.6) is 0 Å². The van der Waals surface area contributed by atoms with Crippen LogP contribution in [0, 0.1) is 23.0 Å². The highest BCUT2D eigenvalue weighted by molar-refractivity contribution is 7.92. The second-order valence-corrected chi connectivity index (χ2v) is 9.20. The molecular weight excluding hydrogens is 451 g/mol. The lowest BCUT2D eigenvalue weighted by molar-refractivity contribution is -0.385. The minimum absolute atomic E-state index is 0.0226. The first-order valence-corrected chi connectivity index (χ1v) is 11.1. The fraction of sp³-hybridized carbons (Fsp3) is 0.350. The third-order valence-electron chi connectivity index (χ3n) is 5.24. The number of anilines is 1. The SMILES string of the molecule is Cc1ccc(S(=O)(=O)Nc2ccc(C(=O)N3CCCC(C(F)(F)F)C3)cc2)cc1[N+](=O)[O-]. The summed E-state index contributed by atoms with van der Waals surface area (Å²) in [5, 5.41) is 11.1. The van der Waals surface area contributed by atoms with Crippen LogP contribution in [0.1, 0.15) is 28.8 Å². The number of alkyl halides is 3. The van der Waals surface area contributed by atoms with E-state index < -0.39 is 39.5 Å². The number of piperidine rings is 1. The van der Waals surface area contributed by atoms with Gasteiger partial charge in [0.15, 0.2) is 0 Å². The maximum Gasteiger partial charge on any atom is 0.393 e. The number of carbonyl (C=O) groups excluding carboxylic acids is 1. The normalized spacial score (nSPS) is 17.1. The zero-order chi connectivity index (χ0) is 23.7. The van der Waals surface area contributed by atoms with E-state index in [1.54, 1.807) is 0 Å². The Morgan fingerprint density at radius 2 is 1.84 bits per heavy atom. The molecule has 1 saturated heterocycles. The number of benzene rings is 2. The van der Waals surface area contributed by atoms with E-state index in [4.69, 9.17) is 0 Å². The largest absolute Gasteiger partial charge is 0.393 e. The lowest BCUT2D eigenvalue weighted by Gasteiger charge is -2.33. The van der Waals surface area contributed by atoms with Gasteiger partial charge in [0.05, 0.1) is 15.7 Å². The van der Waals surface area contributed by atoms with Crippen LogP contribution in [0.4, 0.5) is 24.5 Å². The van der Waals surface area contributed by atoms with Crippen molar-refractivity contribution in [3.05, 3.63) is 63.7 Å². The fourth-order valence-electron chi connectivity index (χ4n) is 3.46. The molecule has 0 spiro atoms. The monoisotopic (exact) mass is 471 g/mol. The molecule has 0 radical (unpaired) electrons. The summed E-state index contributed by atoms with van der Waals surface area (Å²) < 4.78 is 66.4. The van der Waals surface area contributed by atoms with Crippen molar-refractivity contribution in [1.29, 1.82) is 0 Å². The summed E-state index contributed by atoms with van der Waals surface area (Å²) in [6.07, 6.45) is -4.15. The lowest BCUT2D eigenvalue weighted by Crippen LogP contribution is -2.44. The van der Waals surface area contributed by atoms with Crippen molar-refractivity contribution in [3.63, 3.8) is 0 Å². The van der Waals surface area contributed by atoms with Crippen LogP contribution in [0.25, 0.3) is 0 Å². The van der Waals surface area contributed by atoms with Crippen LogP contribution in [-0.4, -0.2) is 43.4 Å². The number of nitro groups is 1. The molecule has 172 valence electrons. The molecule has 0 aliphatic carbocycles. The molecule has 1 atom stereocenters. The summed E-state index contributed by atoms with van der Waals surface area (Å²) in [5.74, 6) is -2.13. The Morgan fingerprint density at radius 1 is 1.19 bits per heavy atom. The standard InChI is InChI=1S/C20H20F3N3O5S/c1-13-4-9-17(11-18(13)26(28)29)32(30,31)24-16-7-5-14(6-8-16)19(27)25-10-2-3-15(12-25)20(21,22)23/h4-9,11,15,24H,2-3,10,12H2,1H3. The van der Waals surface area contributed by atoms with Crippen molar-refractivity contribution in [2.45, 2.75) is 30.8 Å². The number of hydrogen-bond acceptors (Lipinski definition) is 5. The predicted molar refractivity (Wildman–Crippen MR) is 110 cm³/mol. The van der Waals surface area contributed by atoms with Crippen molar-refractivity contribution in [2.75, 3.05) is 17.8 Å². The summed E-state index contributed by atoms with van der Waals surface area (Å²) in [5.41, 5.74) is 0.188. The quantitative estimate of drug-likeness (QED) is 0.521. The Balaban J connectivity index is 1.74. The van der Waals surface area contributed by atoms with E-state index in [1.807, 2.05) is 0 Å². The first kappa shape index (κ1) is 23.5. The van der Waals surface area contributed by atoms with Gasteiger partial charge in [-0.1, -0.05) is 6.07 Å². The number of nitrogens with one attached hydrogen (secondary N) is 1. The number of amides is 1. The van der Waals surface area contributed by atoms with Gasteiger partial charge in [0.1, 0.15) is 0 Å². The number of nitrogens with zero attached hydrogens (tertiary/aromatic N) is 2. The van der Waals surface area contributed by atoms with Gasteiger partial charge < -0.3 is 4.90 Å². The van der Waals surface area contributed by atoms with Gasteiger partial charge in [0.25, 0.3) is 21.6 Å². The first-order chi connectivity index (χ1) is 14.9. The molecular formula is C20H20F3N3O5S. The number of sulfonamides is 1. The Labute approximate surface area is 182 Å². The Hall–Kier alpha value is -3.15. The van der Waals surface area contributed by atoms with Crippen LogP contribution < -0.4 is 4.72 Å². The molecule has 0 saturated carbocycles. The number of carbonyl (C=O) groups is 1. The molecule has 1 amide bonds. The van der Waals surface area contributed by atoms with Crippen LogP contribution in [-0.2, 0) is 10.0 Å². The minimum Gasteiger partial charge on any atom is -0.338 e. The average Bonchev–Trinajstić information content (AvgIpc) is 2.73. The number of nitro benzene ring substituents is 1. The third-order valence-corrected chi connectivity index (χ3v) is 6.62. The first-order valence-electron chi connectivity index (χ1n) is 9.62. The predicted octanol–water partition coefficient (Wildman–Crippen LogP) is 4.12. The maximum absolute atomic E-state index is 13.0. The average molecular weight is 471 g/mol. The summed E-state index contributed by atoms with van der Waals surface area (Å²) in [6.45, 7) is 1.28. The summed E-state index contributed by atoms with van der Waals surface area (Å²) >= 11 is 0. The van der Waals surface area contributed by atoms with Gasteiger partial charge in [0, 0.05) is 36.0 Å². The van der Waals surface area contributed by atoms with Crippen LogP contribution in [0.2, 0.25) is 0 Å². The van der Waals surface area contributed by atoms with E-state index >= 15 is 0 Å². The smallest absolute Gasteiger partial charge is 0.338 e. The highest BCUT2D eigenvalue weighted by Gasteiger charge is 2.42. The van der Waals surface area contributed by atoms with E-state index in [9.17, 15) is 36.5 Å². The van der Waals surface area contributed by atoms with Gasteiger partial charge in [0.2, 0.25) is 0 Å². The topological polar surface area (TPSA) is 110 Å². The summed E-state index contributed by atoms with van der Waals surface area (Å²) in [6, 6.07) is 8.74. The zero-order valence-electron chi connectivity index (χ0n) is 16.9. The third kappa shape index (κ3) is 5.18. The molecule has 1 N–H and O–H groups in total. The van der Waals surface area contributed by atoms with Gasteiger partial charge in [-0.05, 0) is 50.1 Å². The van der Waals surface area contributed by atoms with Crippen LogP contribution in [0.15, 0.2) is 47.4 Å². The molecule has 1 heterocycles. The second kappa shape index (κ2) is 8.77. The van der Waals surface area contributed by atoms with Gasteiger partial charge in [-0.3, -0.25) is 19.6 Å². The molecule has 0 bridgehead atoms. The van der Waals surface area contributed by atoms with E-state index in [0.717, 1.165) is 11.0 Å². The number of halogens is 3. The van der Waals surface area contributed by atoms with E-state index in [2.05, 4.69) is 4.72 Å². The van der Waals surface area contributed by atoms with Gasteiger partial charge in [-0.25, -0.2) is 8.42 Å². The summed E-state index contributed by atoms with van der Waals surface area (Å²) in [4.78, 5) is 23.8. The maximum atomic E-state index is 13.0. The molecule has 1 fully saturated rings. The van der Waals surface area contributed by atoms with E-state index in [1.165, 1.54) is 43.3 Å². The molecule has 1 aliphatic heterocycles. The lowest BCUT2D eigenvalue weighted by atomic mass is 9.97. The Kier molecular flexibility index (Phi) is 6.44. The molecule has 12 heteroatoms. The van der Waals surface area contributed by atoms with Crippen molar-refractivity contribution >= 4 is 27.3 Å². The van der Waals surface area contributed by atoms with Crippen molar-refractivity contribution < 1.29 is 31.3 Å². The minimum atomic E-state index is -4.37. The Morgan fingerprint density at radius 3 is 2.44 bits per heavy atom. The van der Waals surface area contributed by atoms with Crippen LogP contribution >= 0.6 is 0 Å². The molecule has 1 aliphatic rings. The van der Waals surface area contributed by atoms with Crippen molar-refractivity contribution in [3.8, 4) is 0 Å². The molecule has 0 aromatic heterocycles. The van der Waals surface area contributed by atoms with Gasteiger partial charge in [-0.15, -0.1) is 0 Å². The number of rotatable bonds is 5. The van der Waals surface area contributed by atoms with Gasteiger partial charge in [-0.2, -0.15) is 13.2 Å². The van der Waals surface area contributed by atoms with Crippen LogP contribution in [0.3, 0.4) is 0 Å². The highest BCUT2D eigenvalue weighted by atomic mass is 32.2. The molecule has 32 heavy (non-hydrogen) atoms. The van der Waals surface area contributed by atoms with Crippen molar-refractivity contribution in [1.82, 2.24) is 4.90 Å². The number of hydrogen-bond donors (Lipinski definition) is 1. The number of likely N-dealkylation sites (tertiary alicyclic amines) is 1. The fourth-order valence-corrected chi connectivity index (χ4v) is 4.54. The number of aryl methyl sites for hydroxylation is 1. The zero-order valence-corrected chi connectivity index (χ0v) is 17.7. The van der Waals surface area contributed by atoms with E-state index in [-0.39, 0.29) is 41.2 Å². The molecule has 3 rings (SSSR count). The van der Waals surface area contributed by atoms with Crippen molar-refractivity contribution in [2.24, 2.45) is 5.92 Å². The molecule has 8 nitrogen and oxygen atoms in total. The highest BCUT2D eigenvalue weighted by Crippen LogP contribution is 2.33.